The monoisotopic (exact) mass is 976 g/mol. The Labute approximate surface area is 397 Å². The van der Waals surface area contributed by atoms with Crippen LogP contribution in [0.25, 0.3) is 21.6 Å². The Morgan fingerprint density at radius 3 is 1.87 bits per heavy atom. The predicted molar refractivity (Wildman–Crippen MR) is 246 cm³/mol. The number of azide groups is 1. The molecule has 2 heterocycles. The van der Waals surface area contributed by atoms with Crippen molar-refractivity contribution in [3.05, 3.63) is 62.5 Å². The molecule has 0 saturated carbocycles. The van der Waals surface area contributed by atoms with E-state index in [2.05, 4.69) is 51.2 Å². The zero-order valence-corrected chi connectivity index (χ0v) is 38.6. The summed E-state index contributed by atoms with van der Waals surface area (Å²) in [7, 11) is 0. The van der Waals surface area contributed by atoms with Crippen LogP contribution in [0.2, 0.25) is 0 Å². The number of amides is 3. The molecule has 2 aromatic heterocycles. The molecule has 27 nitrogen and oxygen atoms in total. The maximum absolute atomic E-state index is 13.2. The van der Waals surface area contributed by atoms with Crippen molar-refractivity contribution in [1.82, 2.24) is 35.9 Å². The first-order valence-corrected chi connectivity index (χ1v) is 22.3. The maximum atomic E-state index is 13.2. The first kappa shape index (κ1) is 57.2. The van der Waals surface area contributed by atoms with Crippen molar-refractivity contribution in [3.8, 4) is 0 Å². The van der Waals surface area contributed by atoms with Crippen LogP contribution in [0.15, 0.2) is 40.4 Å². The van der Waals surface area contributed by atoms with Crippen LogP contribution in [0, 0.1) is 0 Å². The Kier molecular flexibility index (Phi) is 30.5. The standard InChI is InChI=1S/C42H64N12O15/c43-42-52-39-38(41(60)53-42)50-33(29-48-39)28-47-32-6-4-31(5-7-32)40(59)51-36(30-68-25-24-62-13-11-49-54-44)69-27-26-67-23-22-66-21-20-65-19-18-64-17-16-63-15-14-61-12-8-35(56)46-10-9-45-34(55)2-1-3-37(57)58/h4-7,29,36,47H,1-3,8-28,30H2,(H,45,55)(H,46,56)(H,51,59)(H,57,58)(H3,43,48,52,53,60). The van der Waals surface area contributed by atoms with Gasteiger partial charge >= 0.3 is 5.97 Å². The second kappa shape index (κ2) is 36.9. The highest BCUT2D eigenvalue weighted by molar-refractivity contribution is 5.94. The van der Waals surface area contributed by atoms with Gasteiger partial charge in [-0.2, -0.15) is 4.98 Å². The summed E-state index contributed by atoms with van der Waals surface area (Å²) in [6.45, 7) is 5.97. The fraction of sp³-hybridized carbons (Fsp3) is 0.619. The Morgan fingerprint density at radius 2 is 1.28 bits per heavy atom. The number of nitrogens with one attached hydrogen (secondary N) is 5. The number of carbonyl (C=O) groups is 4. The number of nitrogens with zero attached hydrogens (tertiary/aromatic N) is 6. The summed E-state index contributed by atoms with van der Waals surface area (Å²) >= 11 is 0. The van der Waals surface area contributed by atoms with Crippen molar-refractivity contribution < 1.29 is 66.9 Å². The van der Waals surface area contributed by atoms with Gasteiger partial charge in [0.15, 0.2) is 17.4 Å². The number of aromatic amines is 1. The third kappa shape index (κ3) is 28.1. The lowest BCUT2D eigenvalue weighted by molar-refractivity contribution is -0.137. The third-order valence-corrected chi connectivity index (χ3v) is 8.88. The molecule has 0 bridgehead atoms. The van der Waals surface area contributed by atoms with E-state index in [0.717, 1.165) is 0 Å². The first-order valence-electron chi connectivity index (χ1n) is 22.3. The largest absolute Gasteiger partial charge is 0.481 e. The fourth-order valence-electron chi connectivity index (χ4n) is 5.51. The molecule has 8 N–H and O–H groups in total. The van der Waals surface area contributed by atoms with Crippen molar-refractivity contribution in [2.75, 3.05) is 143 Å². The molecule has 0 fully saturated rings. The second-order valence-electron chi connectivity index (χ2n) is 14.3. The normalized spacial score (nSPS) is 11.5. The molecular formula is C42H64N12O15. The zero-order chi connectivity index (χ0) is 49.6. The molecule has 69 heavy (non-hydrogen) atoms. The van der Waals surface area contributed by atoms with Gasteiger partial charge in [-0.25, -0.2) is 9.97 Å². The quantitative estimate of drug-likeness (QED) is 0.0132. The molecule has 0 aliphatic heterocycles. The van der Waals surface area contributed by atoms with Gasteiger partial charge in [0.2, 0.25) is 17.8 Å². The lowest BCUT2D eigenvalue weighted by Crippen LogP contribution is -2.41. The number of hydrogen-bond acceptors (Lipinski definition) is 20. The minimum atomic E-state index is -0.945. The number of anilines is 2. The first-order chi connectivity index (χ1) is 33.6. The van der Waals surface area contributed by atoms with Crippen molar-refractivity contribution in [3.63, 3.8) is 0 Å². The average molecular weight is 977 g/mol. The van der Waals surface area contributed by atoms with Crippen molar-refractivity contribution in [2.45, 2.75) is 38.5 Å². The van der Waals surface area contributed by atoms with Gasteiger partial charge in [0.05, 0.1) is 131 Å². The lowest BCUT2D eigenvalue weighted by atomic mass is 10.2. The van der Waals surface area contributed by atoms with Gasteiger partial charge < -0.3 is 74.7 Å². The summed E-state index contributed by atoms with van der Waals surface area (Å²) < 4.78 is 49.9. The van der Waals surface area contributed by atoms with Crippen LogP contribution in [0.5, 0.6) is 0 Å². The summed E-state index contributed by atoms with van der Waals surface area (Å²) in [5.74, 6) is -1.85. The molecule has 382 valence electrons. The second-order valence-corrected chi connectivity index (χ2v) is 14.3. The van der Waals surface area contributed by atoms with Gasteiger partial charge in [-0.05, 0) is 36.2 Å². The zero-order valence-electron chi connectivity index (χ0n) is 38.6. The van der Waals surface area contributed by atoms with E-state index in [1.807, 2.05) is 0 Å². The van der Waals surface area contributed by atoms with Crippen LogP contribution in [-0.4, -0.2) is 187 Å². The molecular weight excluding hydrogens is 913 g/mol. The number of aromatic nitrogens is 4. The van der Waals surface area contributed by atoms with E-state index in [-0.39, 0.29) is 127 Å². The SMILES string of the molecule is [N-]=[N+]=NCCOCCOCC(NC(=O)c1ccc(NCc2cnc3nc(N)[nH]c(=O)c3n2)cc1)OCCOCCOCCOCCOCCOCCOCCC(=O)NCCNC(=O)CCCC(=O)O. The van der Waals surface area contributed by atoms with E-state index in [0.29, 0.717) is 83.0 Å². The van der Waals surface area contributed by atoms with Gasteiger partial charge in [-0.3, -0.25) is 29.0 Å². The smallest absolute Gasteiger partial charge is 0.303 e. The highest BCUT2D eigenvalue weighted by Gasteiger charge is 2.16. The topological polar surface area (TPSA) is 366 Å². The Hall–Kier alpha value is -6.13. The number of fused-ring (bicyclic) bond motifs is 1. The molecule has 0 saturated heterocycles. The Bertz CT molecular complexity index is 2040. The van der Waals surface area contributed by atoms with E-state index in [1.165, 1.54) is 6.20 Å². The molecule has 3 rings (SSSR count). The highest BCUT2D eigenvalue weighted by atomic mass is 16.6. The molecule has 27 heteroatoms. The molecule has 0 radical (unpaired) electrons. The van der Waals surface area contributed by atoms with Crippen LogP contribution < -0.4 is 32.6 Å². The van der Waals surface area contributed by atoms with Crippen LogP contribution in [-0.2, 0) is 63.6 Å². The maximum Gasteiger partial charge on any atom is 0.303 e. The van der Waals surface area contributed by atoms with E-state index in [9.17, 15) is 24.0 Å². The molecule has 0 spiro atoms. The van der Waals surface area contributed by atoms with Gasteiger partial charge in [-0.15, -0.1) is 0 Å². The molecule has 1 aromatic carbocycles. The number of nitrogens with two attached hydrogens (primary N) is 1. The number of aliphatic carboxylic acids is 1. The van der Waals surface area contributed by atoms with E-state index >= 15 is 0 Å². The molecule has 0 aliphatic rings. The summed E-state index contributed by atoms with van der Waals surface area (Å²) in [5.41, 5.74) is 15.2. The molecule has 3 amide bonds. The number of benzene rings is 1. The van der Waals surface area contributed by atoms with Crippen LogP contribution in [0.3, 0.4) is 0 Å². The summed E-state index contributed by atoms with van der Waals surface area (Å²) in [6.07, 6.45) is 1.19. The Balaban J connectivity index is 1.17. The van der Waals surface area contributed by atoms with Gasteiger partial charge in [0, 0.05) is 55.1 Å². The highest BCUT2D eigenvalue weighted by Crippen LogP contribution is 2.12. The van der Waals surface area contributed by atoms with Gasteiger partial charge in [-0.1, -0.05) is 5.11 Å². The van der Waals surface area contributed by atoms with Gasteiger partial charge in [0.25, 0.3) is 11.5 Å². The number of H-pyrrole nitrogens is 1. The molecule has 1 atom stereocenters. The predicted octanol–water partition coefficient (Wildman–Crippen LogP) is 0.300. The average Bonchev–Trinajstić information content (AvgIpc) is 3.33. The Morgan fingerprint density at radius 1 is 0.725 bits per heavy atom. The number of carboxylic acids is 1. The summed E-state index contributed by atoms with van der Waals surface area (Å²) in [6, 6.07) is 6.72. The minimum absolute atomic E-state index is 0.0287. The number of carbonyl (C=O) groups excluding carboxylic acids is 3. The van der Waals surface area contributed by atoms with Crippen molar-refractivity contribution in [1.29, 1.82) is 0 Å². The van der Waals surface area contributed by atoms with Crippen LogP contribution in [0.4, 0.5) is 11.6 Å². The van der Waals surface area contributed by atoms with Crippen molar-refractivity contribution >= 4 is 46.5 Å². The molecule has 3 aromatic rings. The fourth-order valence-corrected chi connectivity index (χ4v) is 5.51. The number of hydrogen-bond donors (Lipinski definition) is 7. The summed E-state index contributed by atoms with van der Waals surface area (Å²) in [5, 5.41) is 23.3. The number of nitrogen functional groups attached to an aromatic ring is 1. The summed E-state index contributed by atoms with van der Waals surface area (Å²) in [4.78, 5) is 76.7. The number of rotatable bonds is 42. The van der Waals surface area contributed by atoms with Crippen molar-refractivity contribution in [2.24, 2.45) is 5.11 Å². The van der Waals surface area contributed by atoms with Crippen LogP contribution in [0.1, 0.15) is 41.7 Å². The van der Waals surface area contributed by atoms with E-state index in [1.54, 1.807) is 24.3 Å². The lowest BCUT2D eigenvalue weighted by Gasteiger charge is -2.20. The molecule has 0 aliphatic carbocycles. The van der Waals surface area contributed by atoms with Crippen LogP contribution >= 0.6 is 0 Å². The minimum Gasteiger partial charge on any atom is -0.481 e. The van der Waals surface area contributed by atoms with Gasteiger partial charge in [0.1, 0.15) is 0 Å². The van der Waals surface area contributed by atoms with E-state index in [4.69, 9.17) is 59.0 Å². The number of ether oxygens (including phenoxy) is 9. The third-order valence-electron chi connectivity index (χ3n) is 8.88. The van der Waals surface area contributed by atoms with E-state index < -0.39 is 23.7 Å². The number of carboxylic acid groups (broad SMARTS) is 1. The molecule has 1 unspecified atom stereocenters.